The van der Waals surface area contributed by atoms with Crippen LogP contribution in [0.2, 0.25) is 5.02 Å². The lowest BCUT2D eigenvalue weighted by Crippen LogP contribution is -1.98. The van der Waals surface area contributed by atoms with E-state index in [4.69, 9.17) is 11.6 Å². The summed E-state index contributed by atoms with van der Waals surface area (Å²) in [5, 5.41) is 12.8. The summed E-state index contributed by atoms with van der Waals surface area (Å²) in [6.45, 7) is 0. The van der Waals surface area contributed by atoms with Crippen LogP contribution in [0, 0.1) is 0 Å². The van der Waals surface area contributed by atoms with Gasteiger partial charge in [-0.05, 0) is 39.5 Å². The van der Waals surface area contributed by atoms with Crippen molar-refractivity contribution in [1.29, 1.82) is 0 Å². The van der Waals surface area contributed by atoms with E-state index < -0.39 is 6.10 Å². The first-order valence-corrected chi connectivity index (χ1v) is 7.30. The van der Waals surface area contributed by atoms with Gasteiger partial charge in [0.25, 0.3) is 0 Å². The first-order chi connectivity index (χ1) is 7.59. The van der Waals surface area contributed by atoms with E-state index in [1.165, 1.54) is 11.3 Å². The Labute approximate surface area is 119 Å². The van der Waals surface area contributed by atoms with Crippen LogP contribution in [0.3, 0.4) is 0 Å². The third-order valence-electron chi connectivity index (χ3n) is 2.15. The molecule has 1 nitrogen and oxygen atoms in total. The average Bonchev–Trinajstić information content (AvgIpc) is 2.63. The molecule has 0 aliphatic heterocycles. The maximum atomic E-state index is 10.2. The van der Waals surface area contributed by atoms with E-state index >= 15 is 0 Å². The van der Waals surface area contributed by atoms with Gasteiger partial charge in [-0.15, -0.1) is 11.3 Å². The molecule has 0 saturated carbocycles. The Morgan fingerprint density at radius 2 is 1.94 bits per heavy atom. The van der Waals surface area contributed by atoms with E-state index in [0.717, 1.165) is 19.4 Å². The third-order valence-corrected chi connectivity index (χ3v) is 5.00. The van der Waals surface area contributed by atoms with Gasteiger partial charge in [0.1, 0.15) is 6.10 Å². The Kier molecular flexibility index (Phi) is 4.08. The van der Waals surface area contributed by atoms with Crippen LogP contribution in [0.1, 0.15) is 16.5 Å². The molecule has 1 atom stereocenters. The van der Waals surface area contributed by atoms with Crippen molar-refractivity contribution in [2.75, 3.05) is 0 Å². The Morgan fingerprint density at radius 3 is 2.50 bits per heavy atom. The number of aliphatic hydroxyl groups excluding tert-OH is 1. The second kappa shape index (κ2) is 5.19. The van der Waals surface area contributed by atoms with E-state index in [-0.39, 0.29) is 0 Å². The second-order valence-corrected chi connectivity index (χ2v) is 6.29. The van der Waals surface area contributed by atoms with Crippen LogP contribution in [0.4, 0.5) is 0 Å². The smallest absolute Gasteiger partial charge is 0.115 e. The fraction of sp³-hybridized carbons (Fsp3) is 0.0909. The van der Waals surface area contributed by atoms with Gasteiger partial charge in [-0.25, -0.2) is 0 Å². The molecule has 2 aromatic rings. The molecule has 0 amide bonds. The SMILES string of the molecule is OC(c1ccc(Cl)cc1Br)c1sccc1Br. The minimum absolute atomic E-state index is 0.638. The van der Waals surface area contributed by atoms with Gasteiger partial charge in [0, 0.05) is 19.5 Å². The average molecular weight is 383 g/mol. The van der Waals surface area contributed by atoms with Crippen LogP contribution in [-0.2, 0) is 0 Å². The van der Waals surface area contributed by atoms with E-state index in [1.54, 1.807) is 12.1 Å². The first-order valence-electron chi connectivity index (χ1n) is 4.45. The van der Waals surface area contributed by atoms with Crippen LogP contribution in [-0.4, -0.2) is 5.11 Å². The molecule has 1 N–H and O–H groups in total. The molecule has 5 heteroatoms. The summed E-state index contributed by atoms with van der Waals surface area (Å²) in [7, 11) is 0. The van der Waals surface area contributed by atoms with E-state index in [1.807, 2.05) is 17.5 Å². The maximum Gasteiger partial charge on any atom is 0.115 e. The van der Waals surface area contributed by atoms with Gasteiger partial charge in [-0.1, -0.05) is 33.6 Å². The molecule has 84 valence electrons. The number of hydrogen-bond donors (Lipinski definition) is 1. The number of thiophene rings is 1. The highest BCUT2D eigenvalue weighted by atomic mass is 79.9. The standard InChI is InChI=1S/C11H7Br2ClOS/c12-8-3-4-16-11(8)10(15)7-2-1-6(14)5-9(7)13/h1-5,10,15H. The molecule has 1 aromatic heterocycles. The topological polar surface area (TPSA) is 20.2 Å². The molecule has 1 heterocycles. The van der Waals surface area contributed by atoms with Gasteiger partial charge in [-0.2, -0.15) is 0 Å². The van der Waals surface area contributed by atoms with Crippen LogP contribution >= 0.6 is 54.8 Å². The van der Waals surface area contributed by atoms with Crippen molar-refractivity contribution < 1.29 is 5.11 Å². The molecule has 0 aliphatic rings. The number of benzene rings is 1. The minimum atomic E-state index is -0.638. The molecular formula is C11H7Br2ClOS. The number of halogens is 3. The summed E-state index contributed by atoms with van der Waals surface area (Å²) in [6, 6.07) is 7.30. The number of rotatable bonds is 2. The van der Waals surface area contributed by atoms with Crippen LogP contribution in [0.25, 0.3) is 0 Å². The summed E-state index contributed by atoms with van der Waals surface area (Å²) in [5.74, 6) is 0. The van der Waals surface area contributed by atoms with Crippen molar-refractivity contribution in [2.45, 2.75) is 6.10 Å². The van der Waals surface area contributed by atoms with E-state index in [9.17, 15) is 5.11 Å². The predicted molar refractivity (Wildman–Crippen MR) is 75.2 cm³/mol. The van der Waals surface area contributed by atoms with Gasteiger partial charge in [0.15, 0.2) is 0 Å². The van der Waals surface area contributed by atoms with Crippen molar-refractivity contribution >= 4 is 54.8 Å². The summed E-state index contributed by atoms with van der Waals surface area (Å²) >= 11 is 14.2. The number of aliphatic hydroxyl groups is 1. The largest absolute Gasteiger partial charge is 0.383 e. The highest BCUT2D eigenvalue weighted by Crippen LogP contribution is 2.36. The summed E-state index contributed by atoms with van der Waals surface area (Å²) in [4.78, 5) is 0.892. The van der Waals surface area contributed by atoms with Crippen molar-refractivity contribution in [3.05, 3.63) is 54.1 Å². The van der Waals surface area contributed by atoms with Crippen molar-refractivity contribution in [3.63, 3.8) is 0 Å². The number of hydrogen-bond acceptors (Lipinski definition) is 2. The molecular weight excluding hydrogens is 375 g/mol. The molecule has 0 fully saturated rings. The normalized spacial score (nSPS) is 12.8. The van der Waals surface area contributed by atoms with E-state index in [2.05, 4.69) is 31.9 Å². The highest BCUT2D eigenvalue weighted by Gasteiger charge is 2.17. The Hall–Kier alpha value is 0.130. The Balaban J connectivity index is 2.41. The lowest BCUT2D eigenvalue weighted by atomic mass is 10.1. The van der Waals surface area contributed by atoms with Crippen molar-refractivity contribution in [3.8, 4) is 0 Å². The molecule has 1 unspecified atom stereocenters. The minimum Gasteiger partial charge on any atom is -0.383 e. The lowest BCUT2D eigenvalue weighted by molar-refractivity contribution is 0.222. The molecule has 16 heavy (non-hydrogen) atoms. The van der Waals surface area contributed by atoms with Gasteiger partial charge in [0.05, 0.1) is 4.88 Å². The third kappa shape index (κ3) is 2.51. The van der Waals surface area contributed by atoms with Crippen molar-refractivity contribution in [1.82, 2.24) is 0 Å². The van der Waals surface area contributed by atoms with Gasteiger partial charge >= 0.3 is 0 Å². The predicted octanol–water partition coefficient (Wildman–Crippen LogP) is 5.01. The van der Waals surface area contributed by atoms with Crippen LogP contribution in [0.15, 0.2) is 38.6 Å². The molecule has 0 saturated heterocycles. The molecule has 0 aliphatic carbocycles. The highest BCUT2D eigenvalue weighted by molar-refractivity contribution is 9.10. The molecule has 0 radical (unpaired) electrons. The zero-order valence-corrected chi connectivity index (χ0v) is 12.7. The lowest BCUT2D eigenvalue weighted by Gasteiger charge is -2.12. The van der Waals surface area contributed by atoms with Crippen LogP contribution < -0.4 is 0 Å². The Bertz CT molecular complexity index is 512. The second-order valence-electron chi connectivity index (χ2n) is 3.20. The summed E-state index contributed by atoms with van der Waals surface area (Å²) in [5.41, 5.74) is 0.813. The van der Waals surface area contributed by atoms with Crippen LogP contribution in [0.5, 0.6) is 0 Å². The molecule has 1 aromatic carbocycles. The monoisotopic (exact) mass is 380 g/mol. The van der Waals surface area contributed by atoms with Crippen molar-refractivity contribution in [2.24, 2.45) is 0 Å². The first kappa shape index (κ1) is 12.6. The fourth-order valence-corrected chi connectivity index (χ4v) is 3.86. The fourth-order valence-electron chi connectivity index (χ4n) is 1.37. The van der Waals surface area contributed by atoms with Gasteiger partial charge in [0.2, 0.25) is 0 Å². The molecule has 0 spiro atoms. The zero-order valence-electron chi connectivity index (χ0n) is 7.95. The molecule has 2 rings (SSSR count). The quantitative estimate of drug-likeness (QED) is 0.774. The Morgan fingerprint density at radius 1 is 1.19 bits per heavy atom. The van der Waals surface area contributed by atoms with Gasteiger partial charge in [-0.3, -0.25) is 0 Å². The zero-order chi connectivity index (χ0) is 11.7. The summed E-state index contributed by atoms with van der Waals surface area (Å²) in [6.07, 6.45) is -0.638. The maximum absolute atomic E-state index is 10.2. The molecule has 0 bridgehead atoms. The van der Waals surface area contributed by atoms with E-state index in [0.29, 0.717) is 5.02 Å². The van der Waals surface area contributed by atoms with Gasteiger partial charge < -0.3 is 5.11 Å². The summed E-state index contributed by atoms with van der Waals surface area (Å²) < 4.78 is 1.74.